The third-order valence-corrected chi connectivity index (χ3v) is 4.00. The zero-order valence-corrected chi connectivity index (χ0v) is 15.1. The second-order valence-corrected chi connectivity index (χ2v) is 6.89. The molecule has 0 fully saturated rings. The number of rotatable bonds is 3. The average Bonchev–Trinajstić information content (AvgIpc) is 2.45. The molecule has 0 unspecified atom stereocenters. The van der Waals surface area contributed by atoms with Gasteiger partial charge in [-0.3, -0.25) is 9.35 Å². The zero-order chi connectivity index (χ0) is 18.3. The van der Waals surface area contributed by atoms with Crippen LogP contribution in [0.15, 0.2) is 52.3 Å². The van der Waals surface area contributed by atoms with Gasteiger partial charge in [-0.25, -0.2) is 4.39 Å². The summed E-state index contributed by atoms with van der Waals surface area (Å²) < 4.78 is 41.9. The normalized spacial score (nSPS) is 11.0. The van der Waals surface area contributed by atoms with Crippen molar-refractivity contribution in [3.63, 3.8) is 0 Å². The number of halogens is 3. The monoisotopic (exact) mass is 435 g/mol. The molecule has 0 saturated heterocycles. The molecule has 0 bridgehead atoms. The van der Waals surface area contributed by atoms with Gasteiger partial charge >= 0.3 is 0 Å². The van der Waals surface area contributed by atoms with Gasteiger partial charge in [-0.15, -0.1) is 0 Å². The van der Waals surface area contributed by atoms with Crippen molar-refractivity contribution in [3.8, 4) is 0 Å². The minimum absolute atomic E-state index is 0.284. The van der Waals surface area contributed by atoms with Crippen molar-refractivity contribution < 1.29 is 22.2 Å². The van der Waals surface area contributed by atoms with Gasteiger partial charge < -0.3 is 5.73 Å². The van der Waals surface area contributed by atoms with E-state index in [0.29, 0.717) is 20.5 Å². The van der Waals surface area contributed by atoms with Gasteiger partial charge in [0.05, 0.1) is 11.0 Å². The van der Waals surface area contributed by atoms with Crippen molar-refractivity contribution >= 4 is 49.6 Å². The van der Waals surface area contributed by atoms with Crippen LogP contribution in [0.5, 0.6) is 0 Å². The molecule has 0 aliphatic rings. The van der Waals surface area contributed by atoms with E-state index in [4.69, 9.17) is 21.9 Å². The summed E-state index contributed by atoms with van der Waals surface area (Å²) in [7, 11) is -4.08. The van der Waals surface area contributed by atoms with Crippen LogP contribution in [0.25, 0.3) is 6.08 Å². The third-order valence-electron chi connectivity index (χ3n) is 2.52. The maximum absolute atomic E-state index is 12.4. The Balaban J connectivity index is 0.000000243. The van der Waals surface area contributed by atoms with Crippen molar-refractivity contribution in [3.05, 3.63) is 74.3 Å². The number of carbonyl (C=O) groups excluding carboxylic acids is 1. The molecule has 5 nitrogen and oxygen atoms in total. The highest BCUT2D eigenvalue weighted by molar-refractivity contribution is 9.10. The van der Waals surface area contributed by atoms with Gasteiger partial charge in [-0.05, 0) is 51.8 Å². The van der Waals surface area contributed by atoms with Crippen LogP contribution < -0.4 is 5.73 Å². The molecule has 128 valence electrons. The summed E-state index contributed by atoms with van der Waals surface area (Å²) in [5.41, 5.74) is 5.80. The van der Waals surface area contributed by atoms with Gasteiger partial charge in [0.15, 0.2) is 0 Å². The van der Waals surface area contributed by atoms with Gasteiger partial charge in [0.25, 0.3) is 10.1 Å². The first-order chi connectivity index (χ1) is 11.1. The van der Waals surface area contributed by atoms with Crippen LogP contribution in [0, 0.1) is 5.82 Å². The summed E-state index contributed by atoms with van der Waals surface area (Å²) in [6.45, 7) is 0. The zero-order valence-electron chi connectivity index (χ0n) is 12.0. The predicted molar refractivity (Wildman–Crippen MR) is 94.7 cm³/mol. The molecule has 2 rings (SSSR count). The van der Waals surface area contributed by atoms with Crippen molar-refractivity contribution in [1.29, 1.82) is 0 Å². The van der Waals surface area contributed by atoms with Gasteiger partial charge in [-0.1, -0.05) is 29.8 Å². The topological polar surface area (TPSA) is 97.5 Å². The Morgan fingerprint density at radius 3 is 2.38 bits per heavy atom. The lowest BCUT2D eigenvalue weighted by atomic mass is 10.2. The first-order valence-corrected chi connectivity index (χ1v) is 8.92. The number of carbonyl (C=O) groups is 1. The molecular formula is C15H12BrClFNO4S. The predicted octanol–water partition coefficient (Wildman–Crippen LogP) is 3.89. The highest BCUT2D eigenvalue weighted by Crippen LogP contribution is 2.17. The minimum atomic E-state index is -4.08. The molecule has 2 aromatic rings. The Hall–Kier alpha value is -1.74. The summed E-state index contributed by atoms with van der Waals surface area (Å²) in [4.78, 5) is 10.6. The highest BCUT2D eigenvalue weighted by Gasteiger charge is 2.05. The standard InChI is InChI=1S/C8H7ClO3S.C7H5BrFNO/c9-8-4-2-1-3-7(8)5-6-13(10,11)12;8-6-3-4(9)1-2-5(6)7(10)11/h1-6H,(H,10,11,12);1-3H,(H2,10,11). The van der Waals surface area contributed by atoms with E-state index < -0.39 is 21.8 Å². The van der Waals surface area contributed by atoms with Crippen LogP contribution >= 0.6 is 27.5 Å². The van der Waals surface area contributed by atoms with Crippen LogP contribution in [-0.2, 0) is 10.1 Å². The summed E-state index contributed by atoms with van der Waals surface area (Å²) in [6.07, 6.45) is 1.23. The summed E-state index contributed by atoms with van der Waals surface area (Å²) in [6, 6.07) is 10.4. The lowest BCUT2D eigenvalue weighted by Crippen LogP contribution is -2.11. The number of hydrogen-bond acceptors (Lipinski definition) is 3. The fourth-order valence-electron chi connectivity index (χ4n) is 1.46. The molecule has 1 amide bonds. The molecular weight excluding hydrogens is 425 g/mol. The van der Waals surface area contributed by atoms with E-state index in [1.54, 1.807) is 24.3 Å². The first-order valence-electron chi connectivity index (χ1n) is 6.25. The fourth-order valence-corrected chi connectivity index (χ4v) is 2.52. The molecule has 0 aromatic heterocycles. The molecule has 9 heteroatoms. The molecule has 2 aromatic carbocycles. The number of nitrogens with two attached hydrogens (primary N) is 1. The van der Waals surface area contributed by atoms with Crippen LogP contribution in [0.1, 0.15) is 15.9 Å². The number of amides is 1. The van der Waals surface area contributed by atoms with Crippen LogP contribution in [-0.4, -0.2) is 18.9 Å². The molecule has 0 heterocycles. The SMILES string of the molecule is NC(=O)c1ccc(F)cc1Br.O=S(=O)(O)C=Cc1ccccc1Cl. The van der Waals surface area contributed by atoms with Crippen molar-refractivity contribution in [1.82, 2.24) is 0 Å². The molecule has 3 N–H and O–H groups in total. The average molecular weight is 437 g/mol. The molecule has 0 atom stereocenters. The van der Waals surface area contributed by atoms with E-state index in [2.05, 4.69) is 15.9 Å². The highest BCUT2D eigenvalue weighted by atomic mass is 79.9. The Labute approximate surface area is 151 Å². The molecule has 0 saturated carbocycles. The van der Waals surface area contributed by atoms with E-state index in [9.17, 15) is 17.6 Å². The first kappa shape index (κ1) is 20.3. The van der Waals surface area contributed by atoms with Crippen LogP contribution in [0.4, 0.5) is 4.39 Å². The molecule has 0 spiro atoms. The van der Waals surface area contributed by atoms with Gasteiger partial charge in [0.2, 0.25) is 5.91 Å². The van der Waals surface area contributed by atoms with Gasteiger partial charge in [0, 0.05) is 9.50 Å². The third kappa shape index (κ3) is 7.22. The van der Waals surface area contributed by atoms with Crippen molar-refractivity contribution in [2.75, 3.05) is 0 Å². The molecule has 0 aliphatic heterocycles. The van der Waals surface area contributed by atoms with Crippen LogP contribution in [0.2, 0.25) is 5.02 Å². The Morgan fingerprint density at radius 2 is 1.88 bits per heavy atom. The summed E-state index contributed by atoms with van der Waals surface area (Å²) in [5, 5.41) is 1.12. The number of benzene rings is 2. The molecule has 24 heavy (non-hydrogen) atoms. The van der Waals surface area contributed by atoms with E-state index in [-0.39, 0.29) is 5.56 Å². The Morgan fingerprint density at radius 1 is 1.25 bits per heavy atom. The van der Waals surface area contributed by atoms with Crippen molar-refractivity contribution in [2.45, 2.75) is 0 Å². The second-order valence-electron chi connectivity index (χ2n) is 4.33. The van der Waals surface area contributed by atoms with Gasteiger partial charge in [0.1, 0.15) is 5.82 Å². The van der Waals surface area contributed by atoms with E-state index in [1.165, 1.54) is 24.3 Å². The maximum Gasteiger partial charge on any atom is 0.287 e. The van der Waals surface area contributed by atoms with Gasteiger partial charge in [-0.2, -0.15) is 8.42 Å². The van der Waals surface area contributed by atoms with Crippen LogP contribution in [0.3, 0.4) is 0 Å². The number of primary amides is 1. The molecule has 0 radical (unpaired) electrons. The fraction of sp³-hybridized carbons (Fsp3) is 0. The van der Waals surface area contributed by atoms with E-state index >= 15 is 0 Å². The minimum Gasteiger partial charge on any atom is -0.366 e. The lowest BCUT2D eigenvalue weighted by Gasteiger charge is -1.97. The molecule has 0 aliphatic carbocycles. The summed E-state index contributed by atoms with van der Waals surface area (Å²) >= 11 is 8.73. The van der Waals surface area contributed by atoms with E-state index in [1.807, 2.05) is 0 Å². The second kappa shape index (κ2) is 8.93. The smallest absolute Gasteiger partial charge is 0.287 e. The number of hydrogen-bond donors (Lipinski definition) is 2. The Kier molecular flexibility index (Phi) is 7.56. The maximum atomic E-state index is 12.4. The van der Waals surface area contributed by atoms with E-state index in [0.717, 1.165) is 0 Å². The summed E-state index contributed by atoms with van der Waals surface area (Å²) in [5.74, 6) is -0.973. The Bertz CT molecular complexity index is 872. The quantitative estimate of drug-likeness (QED) is 0.713. The van der Waals surface area contributed by atoms with Crippen molar-refractivity contribution in [2.24, 2.45) is 5.73 Å². The largest absolute Gasteiger partial charge is 0.366 e. The lowest BCUT2D eigenvalue weighted by molar-refractivity contribution is 0.0999.